The van der Waals surface area contributed by atoms with Crippen LogP contribution in [0.5, 0.6) is 11.5 Å². The summed E-state index contributed by atoms with van der Waals surface area (Å²) in [5.41, 5.74) is 2.05. The molecule has 4 nitrogen and oxygen atoms in total. The van der Waals surface area contributed by atoms with Crippen molar-refractivity contribution in [3.8, 4) is 11.5 Å². The number of methoxy groups -OCH3 is 1. The van der Waals surface area contributed by atoms with Crippen molar-refractivity contribution >= 4 is 5.71 Å². The van der Waals surface area contributed by atoms with Crippen molar-refractivity contribution < 1.29 is 14.3 Å². The van der Waals surface area contributed by atoms with Gasteiger partial charge in [0.15, 0.2) is 11.5 Å². The van der Waals surface area contributed by atoms with Crippen molar-refractivity contribution in [3.05, 3.63) is 30.7 Å². The Bertz CT molecular complexity index is 520. The largest absolute Gasteiger partial charge is 0.493 e. The molecule has 0 amide bonds. The fraction of sp³-hybridized carbons (Fsp3) is 0.500. The summed E-state index contributed by atoms with van der Waals surface area (Å²) >= 11 is 0. The number of benzene rings is 1. The Hall–Kier alpha value is -1.71. The molecule has 0 N–H and O–H groups in total. The lowest BCUT2D eigenvalue weighted by atomic mass is 9.76. The maximum atomic E-state index is 5.69. The predicted octanol–water partition coefficient (Wildman–Crippen LogP) is 3.35. The zero-order chi connectivity index (χ0) is 14.0. The summed E-state index contributed by atoms with van der Waals surface area (Å²) in [5.74, 6) is 1.48. The molecule has 3 rings (SSSR count). The first-order chi connectivity index (χ1) is 9.76. The summed E-state index contributed by atoms with van der Waals surface area (Å²) in [6.07, 6.45) is 5.08. The van der Waals surface area contributed by atoms with Crippen LogP contribution in [0.15, 0.2) is 23.4 Å². The van der Waals surface area contributed by atoms with E-state index in [2.05, 4.69) is 12.1 Å². The second-order valence-electron chi connectivity index (χ2n) is 5.41. The van der Waals surface area contributed by atoms with E-state index in [1.165, 1.54) is 6.42 Å². The van der Waals surface area contributed by atoms with Crippen molar-refractivity contribution in [3.63, 3.8) is 0 Å². The molecule has 1 aromatic rings. The third kappa shape index (κ3) is 2.35. The highest BCUT2D eigenvalue weighted by Crippen LogP contribution is 2.43. The first-order valence-corrected chi connectivity index (χ1v) is 7.12. The molecule has 1 fully saturated rings. The minimum atomic E-state index is -0.0103. The van der Waals surface area contributed by atoms with Crippen LogP contribution in [0.2, 0.25) is 0 Å². The summed E-state index contributed by atoms with van der Waals surface area (Å²) in [7, 11) is 1.64. The minimum Gasteiger partial charge on any atom is -0.493 e. The zero-order valence-electron chi connectivity index (χ0n) is 11.9. The minimum absolute atomic E-state index is 0.0103. The van der Waals surface area contributed by atoms with E-state index in [1.54, 1.807) is 7.11 Å². The average Bonchev–Trinajstić information content (AvgIpc) is 2.90. The molecule has 0 bridgehead atoms. The second kappa shape index (κ2) is 5.35. The molecule has 1 heterocycles. The van der Waals surface area contributed by atoms with Crippen LogP contribution >= 0.6 is 0 Å². The van der Waals surface area contributed by atoms with E-state index in [9.17, 15) is 0 Å². The Balaban J connectivity index is 1.79. The van der Waals surface area contributed by atoms with Crippen LogP contribution in [-0.2, 0) is 4.84 Å². The third-order valence-corrected chi connectivity index (χ3v) is 4.00. The van der Waals surface area contributed by atoms with Gasteiger partial charge in [-0.05, 0) is 50.8 Å². The average molecular weight is 274 g/mol. The van der Waals surface area contributed by atoms with Gasteiger partial charge < -0.3 is 14.3 Å². The molecule has 1 aliphatic heterocycles. The van der Waals surface area contributed by atoms with Gasteiger partial charge in [-0.3, -0.25) is 0 Å². The zero-order valence-corrected chi connectivity index (χ0v) is 11.9. The molecule has 0 saturated heterocycles. The van der Waals surface area contributed by atoms with E-state index < -0.39 is 0 Å². The summed E-state index contributed by atoms with van der Waals surface area (Å²) in [5, 5.41) is 4.27. The molecule has 0 unspecified atom stereocenters. The standard InChI is InChI=1S/C16H20NO3/c1-3-9-19-15-10-12(5-6-14(15)18-2)13-11-16(20-17-13)7-4-8-16/h5-6,10H,1,3-4,7-9,11H2,2H3. The van der Waals surface area contributed by atoms with Gasteiger partial charge in [-0.1, -0.05) is 5.16 Å². The molecule has 1 aromatic carbocycles. The fourth-order valence-electron chi connectivity index (χ4n) is 2.67. The molecule has 107 valence electrons. The summed E-state index contributed by atoms with van der Waals surface area (Å²) in [6, 6.07) is 5.91. The van der Waals surface area contributed by atoms with Gasteiger partial charge in [0, 0.05) is 12.0 Å². The van der Waals surface area contributed by atoms with Gasteiger partial charge in [-0.25, -0.2) is 0 Å². The molecular weight excluding hydrogens is 254 g/mol. The maximum Gasteiger partial charge on any atom is 0.161 e. The number of nitrogens with zero attached hydrogens (tertiary/aromatic N) is 1. The lowest BCUT2D eigenvalue weighted by molar-refractivity contribution is -0.0755. The fourth-order valence-corrected chi connectivity index (χ4v) is 2.67. The lowest BCUT2D eigenvalue weighted by Gasteiger charge is -2.34. The molecule has 4 heteroatoms. The molecule has 1 spiro atoms. The van der Waals surface area contributed by atoms with E-state index >= 15 is 0 Å². The van der Waals surface area contributed by atoms with Crippen LogP contribution in [-0.4, -0.2) is 25.0 Å². The van der Waals surface area contributed by atoms with Crippen molar-refractivity contribution in [1.29, 1.82) is 0 Å². The highest BCUT2D eigenvalue weighted by molar-refractivity contribution is 6.02. The molecule has 1 aliphatic carbocycles. The Morgan fingerprint density at radius 1 is 1.35 bits per heavy atom. The van der Waals surface area contributed by atoms with Gasteiger partial charge in [0.25, 0.3) is 0 Å². The predicted molar refractivity (Wildman–Crippen MR) is 77.3 cm³/mol. The second-order valence-corrected chi connectivity index (χ2v) is 5.41. The van der Waals surface area contributed by atoms with Crippen LogP contribution in [0.25, 0.3) is 0 Å². The molecule has 1 radical (unpaired) electrons. The molecule has 1 saturated carbocycles. The lowest BCUT2D eigenvalue weighted by Crippen LogP contribution is -2.36. The van der Waals surface area contributed by atoms with Gasteiger partial charge >= 0.3 is 0 Å². The quantitative estimate of drug-likeness (QED) is 0.826. The number of ether oxygens (including phenoxy) is 2. The van der Waals surface area contributed by atoms with Crippen LogP contribution in [0.4, 0.5) is 0 Å². The summed E-state index contributed by atoms with van der Waals surface area (Å²) < 4.78 is 11.0. The Kier molecular flexibility index (Phi) is 3.55. The maximum absolute atomic E-state index is 5.69. The number of hydrogen-bond donors (Lipinski definition) is 0. The first kappa shape index (κ1) is 13.3. The van der Waals surface area contributed by atoms with Crippen LogP contribution < -0.4 is 9.47 Å². The van der Waals surface area contributed by atoms with Crippen LogP contribution in [0, 0.1) is 6.92 Å². The molecule has 2 aliphatic rings. The van der Waals surface area contributed by atoms with Crippen LogP contribution in [0.1, 0.15) is 37.7 Å². The Morgan fingerprint density at radius 2 is 2.20 bits per heavy atom. The van der Waals surface area contributed by atoms with E-state index in [0.717, 1.165) is 48.5 Å². The normalized spacial score (nSPS) is 19.2. The van der Waals surface area contributed by atoms with Crippen molar-refractivity contribution in [2.24, 2.45) is 5.16 Å². The molecular formula is C16H20NO3. The highest BCUT2D eigenvalue weighted by atomic mass is 16.7. The van der Waals surface area contributed by atoms with Gasteiger partial charge in [-0.15, -0.1) is 0 Å². The van der Waals surface area contributed by atoms with Crippen LogP contribution in [0.3, 0.4) is 0 Å². The molecule has 20 heavy (non-hydrogen) atoms. The SMILES string of the molecule is [CH2]CCOc1cc(C2=NOC3(CCC3)C2)ccc1OC. The van der Waals surface area contributed by atoms with E-state index in [-0.39, 0.29) is 5.60 Å². The van der Waals surface area contributed by atoms with E-state index in [1.807, 2.05) is 18.2 Å². The molecule has 0 atom stereocenters. The van der Waals surface area contributed by atoms with Crippen molar-refractivity contribution in [2.45, 2.75) is 37.7 Å². The van der Waals surface area contributed by atoms with Crippen molar-refractivity contribution in [2.75, 3.05) is 13.7 Å². The van der Waals surface area contributed by atoms with Gasteiger partial charge in [0.05, 0.1) is 19.4 Å². The van der Waals surface area contributed by atoms with Gasteiger partial charge in [-0.2, -0.15) is 0 Å². The van der Waals surface area contributed by atoms with E-state index in [4.69, 9.17) is 14.3 Å². The third-order valence-electron chi connectivity index (χ3n) is 4.00. The number of rotatable bonds is 5. The van der Waals surface area contributed by atoms with Gasteiger partial charge in [0.1, 0.15) is 5.60 Å². The first-order valence-electron chi connectivity index (χ1n) is 7.12. The summed E-state index contributed by atoms with van der Waals surface area (Å²) in [6.45, 7) is 4.36. The Morgan fingerprint density at radius 3 is 2.80 bits per heavy atom. The van der Waals surface area contributed by atoms with Crippen molar-refractivity contribution in [1.82, 2.24) is 0 Å². The van der Waals surface area contributed by atoms with E-state index in [0.29, 0.717) is 6.61 Å². The number of hydrogen-bond acceptors (Lipinski definition) is 4. The van der Waals surface area contributed by atoms with Gasteiger partial charge in [0.2, 0.25) is 0 Å². The monoisotopic (exact) mass is 274 g/mol. The highest BCUT2D eigenvalue weighted by Gasteiger charge is 2.44. The Labute approximate surface area is 119 Å². The summed E-state index contributed by atoms with van der Waals surface area (Å²) in [4.78, 5) is 5.63. The topological polar surface area (TPSA) is 40.0 Å². The smallest absolute Gasteiger partial charge is 0.161 e. The number of oxime groups is 1. The molecule has 0 aromatic heterocycles.